The van der Waals surface area contributed by atoms with Crippen molar-refractivity contribution >= 4 is 21.5 Å². The lowest BCUT2D eigenvalue weighted by atomic mass is 10.1. The molecule has 3 aromatic rings. The zero-order valence-corrected chi connectivity index (χ0v) is 16.5. The van der Waals surface area contributed by atoms with Gasteiger partial charge in [0.1, 0.15) is 16.5 Å². The van der Waals surface area contributed by atoms with Crippen molar-refractivity contribution in [2.75, 3.05) is 16.2 Å². The van der Waals surface area contributed by atoms with Crippen LogP contribution in [0.4, 0.5) is 15.9 Å². The first-order valence-corrected chi connectivity index (χ1v) is 10.4. The molecule has 0 fully saturated rings. The molecule has 0 saturated carbocycles. The topological polar surface area (TPSA) is 62.3 Å². The summed E-state index contributed by atoms with van der Waals surface area (Å²) in [6.45, 7) is 4.03. The molecule has 0 bridgehead atoms. The molecular weight excluding hydrogens is 377 g/mol. The normalized spacial score (nSPS) is 12.4. The van der Waals surface area contributed by atoms with Crippen LogP contribution in [0.15, 0.2) is 77.8 Å². The molecule has 0 aliphatic rings. The van der Waals surface area contributed by atoms with Gasteiger partial charge in [0, 0.05) is 18.8 Å². The van der Waals surface area contributed by atoms with E-state index in [2.05, 4.69) is 10.3 Å². The van der Waals surface area contributed by atoms with Crippen molar-refractivity contribution in [3.05, 3.63) is 84.3 Å². The molecule has 3 rings (SSSR count). The Morgan fingerprint density at radius 3 is 2.29 bits per heavy atom. The molecule has 146 valence electrons. The third-order valence-corrected chi connectivity index (χ3v) is 6.28. The summed E-state index contributed by atoms with van der Waals surface area (Å²) in [4.78, 5) is 4.37. The van der Waals surface area contributed by atoms with Crippen molar-refractivity contribution in [1.82, 2.24) is 4.98 Å². The monoisotopic (exact) mass is 399 g/mol. The highest BCUT2D eigenvalue weighted by molar-refractivity contribution is 7.92. The second-order valence-electron chi connectivity index (χ2n) is 6.30. The Morgan fingerprint density at radius 1 is 1.04 bits per heavy atom. The number of hydrogen-bond donors (Lipinski definition) is 1. The SMILES string of the molecule is CCN(c1ccccc1)S(=O)(=O)c1ccc(N[C@@H](C)c2ccc(F)cc2)nc1. The van der Waals surface area contributed by atoms with Gasteiger partial charge < -0.3 is 5.32 Å². The zero-order valence-electron chi connectivity index (χ0n) is 15.7. The summed E-state index contributed by atoms with van der Waals surface area (Å²) >= 11 is 0. The predicted molar refractivity (Wildman–Crippen MR) is 109 cm³/mol. The number of sulfonamides is 1. The van der Waals surface area contributed by atoms with E-state index in [1.165, 1.54) is 28.7 Å². The minimum Gasteiger partial charge on any atom is -0.364 e. The van der Waals surface area contributed by atoms with Gasteiger partial charge in [-0.3, -0.25) is 4.31 Å². The Hall–Kier alpha value is -2.93. The minimum atomic E-state index is -3.70. The van der Waals surface area contributed by atoms with Gasteiger partial charge in [0.2, 0.25) is 0 Å². The maximum atomic E-state index is 13.1. The van der Waals surface area contributed by atoms with Crippen LogP contribution < -0.4 is 9.62 Å². The number of nitrogens with zero attached hydrogens (tertiary/aromatic N) is 2. The lowest BCUT2D eigenvalue weighted by molar-refractivity contribution is 0.591. The van der Waals surface area contributed by atoms with E-state index in [1.807, 2.05) is 13.0 Å². The van der Waals surface area contributed by atoms with Crippen LogP contribution >= 0.6 is 0 Å². The first kappa shape index (κ1) is 19.8. The van der Waals surface area contributed by atoms with E-state index in [9.17, 15) is 12.8 Å². The Labute approximate surface area is 164 Å². The summed E-state index contributed by atoms with van der Waals surface area (Å²) in [5.74, 6) is 0.251. The molecule has 0 unspecified atom stereocenters. The van der Waals surface area contributed by atoms with Gasteiger partial charge in [-0.1, -0.05) is 30.3 Å². The summed E-state index contributed by atoms with van der Waals surface area (Å²) in [5, 5.41) is 3.19. The average molecular weight is 399 g/mol. The molecule has 1 heterocycles. The number of rotatable bonds is 7. The van der Waals surface area contributed by atoms with Crippen molar-refractivity contribution < 1.29 is 12.8 Å². The number of nitrogens with one attached hydrogen (secondary N) is 1. The average Bonchev–Trinajstić information content (AvgIpc) is 2.70. The fourth-order valence-corrected chi connectivity index (χ4v) is 4.31. The quantitative estimate of drug-likeness (QED) is 0.630. The van der Waals surface area contributed by atoms with Crippen LogP contribution in [0.3, 0.4) is 0 Å². The highest BCUT2D eigenvalue weighted by Gasteiger charge is 2.23. The molecule has 5 nitrogen and oxygen atoms in total. The van der Waals surface area contributed by atoms with E-state index in [0.717, 1.165) is 5.56 Å². The van der Waals surface area contributed by atoms with Gasteiger partial charge in [0.15, 0.2) is 0 Å². The second kappa shape index (κ2) is 8.39. The summed E-state index contributed by atoms with van der Waals surface area (Å²) in [6, 6.07) is 18.2. The fraction of sp³-hybridized carbons (Fsp3) is 0.190. The lowest BCUT2D eigenvalue weighted by Crippen LogP contribution is -2.30. The molecular formula is C21H22FN3O2S. The molecule has 0 aliphatic heterocycles. The number of benzene rings is 2. The lowest BCUT2D eigenvalue weighted by Gasteiger charge is -2.23. The van der Waals surface area contributed by atoms with Crippen LogP contribution in [-0.4, -0.2) is 19.9 Å². The van der Waals surface area contributed by atoms with Crippen LogP contribution in [0, 0.1) is 5.82 Å². The first-order valence-electron chi connectivity index (χ1n) is 8.97. The first-order chi connectivity index (χ1) is 13.4. The summed E-state index contributed by atoms with van der Waals surface area (Å²) in [5.41, 5.74) is 1.51. The Balaban J connectivity index is 1.78. The van der Waals surface area contributed by atoms with E-state index in [0.29, 0.717) is 18.1 Å². The van der Waals surface area contributed by atoms with Gasteiger partial charge >= 0.3 is 0 Å². The number of anilines is 2. The maximum Gasteiger partial charge on any atom is 0.265 e. The molecule has 0 amide bonds. The highest BCUT2D eigenvalue weighted by atomic mass is 32.2. The number of pyridine rings is 1. The largest absolute Gasteiger partial charge is 0.364 e. The van der Waals surface area contributed by atoms with Crippen molar-refractivity contribution in [2.24, 2.45) is 0 Å². The van der Waals surface area contributed by atoms with Gasteiger partial charge in [-0.2, -0.15) is 0 Å². The number of halogens is 1. The Kier molecular flexibility index (Phi) is 5.94. The predicted octanol–water partition coefficient (Wildman–Crippen LogP) is 4.61. The summed E-state index contributed by atoms with van der Waals surface area (Å²) < 4.78 is 40.4. The molecule has 1 atom stereocenters. The molecule has 28 heavy (non-hydrogen) atoms. The van der Waals surface area contributed by atoms with Crippen LogP contribution in [0.5, 0.6) is 0 Å². The second-order valence-corrected chi connectivity index (χ2v) is 8.16. The smallest absolute Gasteiger partial charge is 0.265 e. The molecule has 0 saturated heterocycles. The molecule has 0 aliphatic carbocycles. The van der Waals surface area contributed by atoms with Crippen LogP contribution in [0.1, 0.15) is 25.5 Å². The van der Waals surface area contributed by atoms with E-state index >= 15 is 0 Å². The maximum absolute atomic E-state index is 13.1. The summed E-state index contributed by atoms with van der Waals surface area (Å²) in [7, 11) is -3.70. The summed E-state index contributed by atoms with van der Waals surface area (Å²) in [6.07, 6.45) is 1.35. The van der Waals surface area contributed by atoms with Gasteiger partial charge in [0.05, 0.1) is 5.69 Å². The van der Waals surface area contributed by atoms with Gasteiger partial charge in [-0.05, 0) is 55.8 Å². The fourth-order valence-electron chi connectivity index (χ4n) is 2.89. The van der Waals surface area contributed by atoms with Crippen molar-refractivity contribution in [3.63, 3.8) is 0 Å². The molecule has 1 N–H and O–H groups in total. The van der Waals surface area contributed by atoms with E-state index in [1.54, 1.807) is 49.4 Å². The van der Waals surface area contributed by atoms with Crippen LogP contribution in [0.2, 0.25) is 0 Å². The van der Waals surface area contributed by atoms with Gasteiger partial charge in [-0.25, -0.2) is 17.8 Å². The molecule has 7 heteroatoms. The third-order valence-electron chi connectivity index (χ3n) is 4.39. The minimum absolute atomic E-state index is 0.105. The van der Waals surface area contributed by atoms with Gasteiger partial charge in [-0.15, -0.1) is 0 Å². The van der Waals surface area contributed by atoms with Crippen molar-refractivity contribution in [3.8, 4) is 0 Å². The van der Waals surface area contributed by atoms with Crippen LogP contribution in [0.25, 0.3) is 0 Å². The molecule has 0 spiro atoms. The molecule has 0 radical (unpaired) electrons. The van der Waals surface area contributed by atoms with Crippen molar-refractivity contribution in [1.29, 1.82) is 0 Å². The Bertz CT molecular complexity index is 1010. The number of hydrogen-bond acceptors (Lipinski definition) is 4. The van der Waals surface area contributed by atoms with Crippen LogP contribution in [-0.2, 0) is 10.0 Å². The molecule has 1 aromatic heterocycles. The number of para-hydroxylation sites is 1. The number of aromatic nitrogens is 1. The zero-order chi connectivity index (χ0) is 20.1. The van der Waals surface area contributed by atoms with Gasteiger partial charge in [0.25, 0.3) is 10.0 Å². The Morgan fingerprint density at radius 2 is 1.71 bits per heavy atom. The van der Waals surface area contributed by atoms with Crippen molar-refractivity contribution in [2.45, 2.75) is 24.8 Å². The van der Waals surface area contributed by atoms with E-state index < -0.39 is 10.0 Å². The standard InChI is InChI=1S/C21H22FN3O2S/c1-3-25(19-7-5-4-6-8-19)28(26,27)20-13-14-21(23-15-20)24-16(2)17-9-11-18(22)12-10-17/h4-16H,3H2,1-2H3,(H,23,24)/t16-/m0/s1. The van der Waals surface area contributed by atoms with E-state index in [4.69, 9.17) is 0 Å². The highest BCUT2D eigenvalue weighted by Crippen LogP contribution is 2.24. The third kappa shape index (κ3) is 4.31. The molecule has 2 aromatic carbocycles. The van der Waals surface area contributed by atoms with E-state index in [-0.39, 0.29) is 16.8 Å².